The van der Waals surface area contributed by atoms with Crippen molar-refractivity contribution >= 4 is 11.9 Å². The van der Waals surface area contributed by atoms with Gasteiger partial charge in [0, 0.05) is 11.1 Å². The molecule has 1 aromatic heterocycles. The van der Waals surface area contributed by atoms with Crippen LogP contribution < -0.4 is 5.76 Å². The Labute approximate surface area is 148 Å². The number of hydrogen-bond donors (Lipinski definition) is 1. The summed E-state index contributed by atoms with van der Waals surface area (Å²) in [6.07, 6.45) is 0. The quantitative estimate of drug-likeness (QED) is 0.724. The first-order valence-electron chi connectivity index (χ1n) is 7.64. The minimum atomic E-state index is -0.607. The second kappa shape index (κ2) is 7.10. The number of benzene rings is 2. The van der Waals surface area contributed by atoms with Gasteiger partial charge in [-0.05, 0) is 24.3 Å². The van der Waals surface area contributed by atoms with Gasteiger partial charge in [0.1, 0.15) is 0 Å². The molecule has 0 saturated carbocycles. The maximum Gasteiger partial charge on any atom is 0.417 e. The van der Waals surface area contributed by atoms with E-state index in [2.05, 4.69) is 14.5 Å². The molecule has 1 heterocycles. The number of esters is 2. The molecule has 0 radical (unpaired) electrons. The normalized spacial score (nSPS) is 10.4. The van der Waals surface area contributed by atoms with Gasteiger partial charge in [-0.3, -0.25) is 4.98 Å². The molecule has 0 spiro atoms. The molecule has 1 N–H and O–H groups in total. The SMILES string of the molecule is COC(=O)c1ccc(-c2[nH]c(=O)oc2-c2ccc(C(=O)OC)cc2)cc1. The number of aromatic amines is 1. The van der Waals surface area contributed by atoms with Gasteiger partial charge in [-0.1, -0.05) is 24.3 Å². The molecule has 0 bridgehead atoms. The van der Waals surface area contributed by atoms with Crippen LogP contribution in [0.4, 0.5) is 0 Å². The molecule has 7 heteroatoms. The maximum atomic E-state index is 11.7. The van der Waals surface area contributed by atoms with E-state index in [4.69, 9.17) is 4.42 Å². The Morgan fingerprint density at radius 1 is 0.808 bits per heavy atom. The van der Waals surface area contributed by atoms with Gasteiger partial charge in [-0.2, -0.15) is 0 Å². The average Bonchev–Trinajstić information content (AvgIpc) is 3.08. The summed E-state index contributed by atoms with van der Waals surface area (Å²) in [6.45, 7) is 0. The highest BCUT2D eigenvalue weighted by Crippen LogP contribution is 2.30. The van der Waals surface area contributed by atoms with E-state index in [1.807, 2.05) is 0 Å². The van der Waals surface area contributed by atoms with Crippen LogP contribution in [0.3, 0.4) is 0 Å². The summed E-state index contributed by atoms with van der Waals surface area (Å²) in [6, 6.07) is 13.0. The van der Waals surface area contributed by atoms with E-state index in [0.29, 0.717) is 33.7 Å². The van der Waals surface area contributed by atoms with Crippen LogP contribution in [0, 0.1) is 0 Å². The molecule has 3 rings (SSSR count). The molecule has 0 amide bonds. The third kappa shape index (κ3) is 3.27. The summed E-state index contributed by atoms with van der Waals surface area (Å²) in [5, 5.41) is 0. The molecule has 0 aliphatic heterocycles. The van der Waals surface area contributed by atoms with Crippen LogP contribution in [0.2, 0.25) is 0 Å². The fourth-order valence-electron chi connectivity index (χ4n) is 2.50. The van der Waals surface area contributed by atoms with Gasteiger partial charge >= 0.3 is 17.7 Å². The summed E-state index contributed by atoms with van der Waals surface area (Å²) >= 11 is 0. The first kappa shape index (κ1) is 17.2. The Morgan fingerprint density at radius 2 is 1.27 bits per heavy atom. The Bertz CT molecular complexity index is 916. The van der Waals surface area contributed by atoms with E-state index >= 15 is 0 Å². The molecule has 132 valence electrons. The van der Waals surface area contributed by atoms with Crippen LogP contribution in [0.1, 0.15) is 20.7 Å². The maximum absolute atomic E-state index is 11.7. The van der Waals surface area contributed by atoms with Crippen molar-refractivity contribution in [2.24, 2.45) is 0 Å². The average molecular weight is 353 g/mol. The minimum Gasteiger partial charge on any atom is -0.465 e. The minimum absolute atomic E-state index is 0.331. The highest BCUT2D eigenvalue weighted by molar-refractivity contribution is 5.91. The zero-order chi connectivity index (χ0) is 18.7. The topological polar surface area (TPSA) is 98.6 Å². The number of rotatable bonds is 4. The zero-order valence-electron chi connectivity index (χ0n) is 14.1. The molecule has 0 unspecified atom stereocenters. The number of ether oxygens (including phenoxy) is 2. The van der Waals surface area contributed by atoms with E-state index in [1.54, 1.807) is 48.5 Å². The number of H-pyrrole nitrogens is 1. The van der Waals surface area contributed by atoms with E-state index < -0.39 is 17.7 Å². The van der Waals surface area contributed by atoms with Crippen LogP contribution in [-0.4, -0.2) is 31.1 Å². The van der Waals surface area contributed by atoms with Crippen molar-refractivity contribution in [2.75, 3.05) is 14.2 Å². The number of methoxy groups -OCH3 is 2. The van der Waals surface area contributed by atoms with Crippen molar-refractivity contribution < 1.29 is 23.5 Å². The van der Waals surface area contributed by atoms with Crippen molar-refractivity contribution in [1.82, 2.24) is 4.98 Å². The predicted octanol–water partition coefficient (Wildman–Crippen LogP) is 2.88. The third-order valence-electron chi connectivity index (χ3n) is 3.81. The second-order valence-electron chi connectivity index (χ2n) is 5.36. The van der Waals surface area contributed by atoms with Gasteiger partial charge in [0.15, 0.2) is 5.76 Å². The first-order valence-corrected chi connectivity index (χ1v) is 7.64. The number of carbonyl (C=O) groups excluding carboxylic acids is 2. The van der Waals surface area contributed by atoms with Gasteiger partial charge in [-0.15, -0.1) is 0 Å². The Hall–Kier alpha value is -3.61. The van der Waals surface area contributed by atoms with Crippen LogP contribution in [0.5, 0.6) is 0 Å². The van der Waals surface area contributed by atoms with E-state index in [9.17, 15) is 14.4 Å². The molecular formula is C19H15NO6. The highest BCUT2D eigenvalue weighted by atomic mass is 16.5. The van der Waals surface area contributed by atoms with Gasteiger partial charge in [0.25, 0.3) is 0 Å². The number of oxazole rings is 1. The summed E-state index contributed by atoms with van der Waals surface area (Å²) in [4.78, 5) is 37.4. The van der Waals surface area contributed by atoms with Crippen molar-refractivity contribution in [3.8, 4) is 22.6 Å². The van der Waals surface area contributed by atoms with Crippen LogP contribution in [0.25, 0.3) is 22.6 Å². The fraction of sp³-hybridized carbons (Fsp3) is 0.105. The summed E-state index contributed by atoms with van der Waals surface area (Å²) in [5.74, 6) is -1.18. The lowest BCUT2D eigenvalue weighted by Gasteiger charge is -2.05. The standard InChI is InChI=1S/C19H15NO6/c1-24-17(21)13-7-3-11(4-8-13)15-16(26-19(23)20-15)12-5-9-14(10-6-12)18(22)25-2/h3-10H,1-2H3,(H,20,23). The summed E-state index contributed by atoms with van der Waals surface area (Å²) in [7, 11) is 2.61. The zero-order valence-corrected chi connectivity index (χ0v) is 14.1. The number of hydrogen-bond acceptors (Lipinski definition) is 6. The largest absolute Gasteiger partial charge is 0.465 e. The molecule has 2 aromatic carbocycles. The Morgan fingerprint density at radius 3 is 1.73 bits per heavy atom. The molecule has 0 aliphatic rings. The first-order chi connectivity index (χ1) is 12.5. The second-order valence-corrected chi connectivity index (χ2v) is 5.36. The number of nitrogens with one attached hydrogen (secondary N) is 1. The molecule has 0 aliphatic carbocycles. The van der Waals surface area contributed by atoms with Crippen LogP contribution in [-0.2, 0) is 9.47 Å². The van der Waals surface area contributed by atoms with E-state index in [0.717, 1.165) is 0 Å². The molecule has 26 heavy (non-hydrogen) atoms. The predicted molar refractivity (Wildman–Crippen MR) is 92.9 cm³/mol. The van der Waals surface area contributed by atoms with Crippen LogP contribution in [0.15, 0.2) is 57.7 Å². The van der Waals surface area contributed by atoms with Crippen LogP contribution >= 0.6 is 0 Å². The summed E-state index contributed by atoms with van der Waals surface area (Å²) in [5.41, 5.74) is 2.53. The lowest BCUT2D eigenvalue weighted by atomic mass is 10.0. The number of aromatic nitrogens is 1. The highest BCUT2D eigenvalue weighted by Gasteiger charge is 2.16. The van der Waals surface area contributed by atoms with Crippen molar-refractivity contribution in [1.29, 1.82) is 0 Å². The lowest BCUT2D eigenvalue weighted by Crippen LogP contribution is -2.00. The molecule has 7 nitrogen and oxygen atoms in total. The smallest absolute Gasteiger partial charge is 0.417 e. The van der Waals surface area contributed by atoms with Crippen molar-refractivity contribution in [2.45, 2.75) is 0 Å². The van der Waals surface area contributed by atoms with Crippen molar-refractivity contribution in [3.05, 3.63) is 70.2 Å². The molecule has 3 aromatic rings. The van der Waals surface area contributed by atoms with Gasteiger partial charge < -0.3 is 13.9 Å². The molecule has 0 atom stereocenters. The van der Waals surface area contributed by atoms with Gasteiger partial charge in [-0.25, -0.2) is 14.4 Å². The fourth-order valence-corrected chi connectivity index (χ4v) is 2.50. The third-order valence-corrected chi connectivity index (χ3v) is 3.81. The monoisotopic (exact) mass is 353 g/mol. The van der Waals surface area contributed by atoms with E-state index in [-0.39, 0.29) is 0 Å². The van der Waals surface area contributed by atoms with E-state index in [1.165, 1.54) is 14.2 Å². The lowest BCUT2D eigenvalue weighted by molar-refractivity contribution is 0.0592. The number of carbonyl (C=O) groups is 2. The summed E-state index contributed by atoms with van der Waals surface area (Å²) < 4.78 is 14.6. The van der Waals surface area contributed by atoms with Gasteiger partial charge in [0.2, 0.25) is 0 Å². The Balaban J connectivity index is 1.99. The molecule has 0 fully saturated rings. The molecule has 0 saturated heterocycles. The van der Waals surface area contributed by atoms with Crippen molar-refractivity contribution in [3.63, 3.8) is 0 Å². The Kier molecular flexibility index (Phi) is 4.70. The van der Waals surface area contributed by atoms with Gasteiger partial charge in [0.05, 0.1) is 31.0 Å². The molecular weight excluding hydrogens is 338 g/mol.